The van der Waals surface area contributed by atoms with Gasteiger partial charge in [-0.25, -0.2) is 4.98 Å². The fraction of sp³-hybridized carbons (Fsp3) is 0.286. The number of anilines is 1. The predicted molar refractivity (Wildman–Crippen MR) is 83.5 cm³/mol. The molecule has 2 aromatic rings. The molecular formula is C14H16ClN3S. The summed E-state index contributed by atoms with van der Waals surface area (Å²) in [5, 5.41) is 7.75. The Hall–Kier alpha value is -1.39. The van der Waals surface area contributed by atoms with Gasteiger partial charge in [0, 0.05) is 15.8 Å². The van der Waals surface area contributed by atoms with Gasteiger partial charge in [-0.05, 0) is 17.7 Å². The number of nitrogens with one attached hydrogen (secondary N) is 1. The summed E-state index contributed by atoms with van der Waals surface area (Å²) in [7, 11) is 0. The molecule has 100 valence electrons. The first-order valence-corrected chi connectivity index (χ1v) is 7.21. The van der Waals surface area contributed by atoms with E-state index in [0.717, 1.165) is 21.4 Å². The van der Waals surface area contributed by atoms with Crippen LogP contribution in [0.4, 0.5) is 5.13 Å². The third kappa shape index (κ3) is 4.04. The zero-order chi connectivity index (χ0) is 13.9. The highest BCUT2D eigenvalue weighted by molar-refractivity contribution is 7.13. The van der Waals surface area contributed by atoms with Gasteiger partial charge in [-0.1, -0.05) is 44.5 Å². The number of nitrogens with zero attached hydrogens (tertiary/aromatic N) is 2. The minimum Gasteiger partial charge on any atom is -0.253 e. The average molecular weight is 294 g/mol. The molecule has 0 saturated heterocycles. The molecule has 0 unspecified atom stereocenters. The standard InChI is InChI=1S/C14H16ClN3S/c1-14(2,3)12-9-19-13(17-12)18-16-8-10-4-6-11(15)7-5-10/h4-9H,1-3H3,(H,17,18)/b16-8-. The molecule has 0 amide bonds. The van der Waals surface area contributed by atoms with Gasteiger partial charge in [-0.15, -0.1) is 11.3 Å². The van der Waals surface area contributed by atoms with Gasteiger partial charge >= 0.3 is 0 Å². The van der Waals surface area contributed by atoms with E-state index in [1.54, 1.807) is 17.6 Å². The summed E-state index contributed by atoms with van der Waals surface area (Å²) >= 11 is 7.38. The monoisotopic (exact) mass is 293 g/mol. The van der Waals surface area contributed by atoms with E-state index in [1.807, 2.05) is 24.3 Å². The summed E-state index contributed by atoms with van der Waals surface area (Å²) < 4.78 is 0. The van der Waals surface area contributed by atoms with E-state index in [0.29, 0.717) is 0 Å². The van der Waals surface area contributed by atoms with Crippen LogP contribution in [0.1, 0.15) is 32.0 Å². The molecule has 0 radical (unpaired) electrons. The lowest BCUT2D eigenvalue weighted by Gasteiger charge is -2.13. The predicted octanol–water partition coefficient (Wildman–Crippen LogP) is 4.54. The van der Waals surface area contributed by atoms with Crippen molar-refractivity contribution in [2.75, 3.05) is 5.43 Å². The van der Waals surface area contributed by atoms with Gasteiger partial charge in [0.15, 0.2) is 0 Å². The molecule has 1 heterocycles. The van der Waals surface area contributed by atoms with E-state index in [9.17, 15) is 0 Å². The van der Waals surface area contributed by atoms with Crippen LogP contribution in [0, 0.1) is 0 Å². The summed E-state index contributed by atoms with van der Waals surface area (Å²) in [6.45, 7) is 6.43. The Balaban J connectivity index is 1.99. The average Bonchev–Trinajstić information content (AvgIpc) is 2.80. The van der Waals surface area contributed by atoms with Crippen LogP contribution in [0.15, 0.2) is 34.7 Å². The van der Waals surface area contributed by atoms with Crippen molar-refractivity contribution in [3.8, 4) is 0 Å². The van der Waals surface area contributed by atoms with Crippen LogP contribution < -0.4 is 5.43 Å². The van der Waals surface area contributed by atoms with Gasteiger partial charge in [-0.3, -0.25) is 5.43 Å². The maximum absolute atomic E-state index is 5.82. The van der Waals surface area contributed by atoms with Crippen molar-refractivity contribution in [3.05, 3.63) is 45.9 Å². The van der Waals surface area contributed by atoms with Crippen molar-refractivity contribution in [2.24, 2.45) is 5.10 Å². The number of hydrogen-bond acceptors (Lipinski definition) is 4. The van der Waals surface area contributed by atoms with E-state index in [-0.39, 0.29) is 5.41 Å². The van der Waals surface area contributed by atoms with Crippen molar-refractivity contribution >= 4 is 34.3 Å². The van der Waals surface area contributed by atoms with Crippen molar-refractivity contribution in [1.82, 2.24) is 4.98 Å². The number of rotatable bonds is 3. The second-order valence-corrected chi connectivity index (χ2v) is 6.50. The van der Waals surface area contributed by atoms with Crippen LogP contribution in [0.5, 0.6) is 0 Å². The molecule has 1 N–H and O–H groups in total. The maximum atomic E-state index is 5.82. The molecule has 19 heavy (non-hydrogen) atoms. The largest absolute Gasteiger partial charge is 0.253 e. The molecule has 0 fully saturated rings. The molecule has 1 aromatic heterocycles. The van der Waals surface area contributed by atoms with Crippen molar-refractivity contribution in [3.63, 3.8) is 0 Å². The van der Waals surface area contributed by atoms with Crippen molar-refractivity contribution < 1.29 is 0 Å². The maximum Gasteiger partial charge on any atom is 0.203 e. The Labute approximate surface area is 122 Å². The van der Waals surface area contributed by atoms with Gasteiger partial charge in [0.05, 0.1) is 11.9 Å². The van der Waals surface area contributed by atoms with Gasteiger partial charge in [-0.2, -0.15) is 5.10 Å². The smallest absolute Gasteiger partial charge is 0.203 e. The highest BCUT2D eigenvalue weighted by atomic mass is 35.5. The third-order valence-electron chi connectivity index (χ3n) is 2.52. The minimum atomic E-state index is 0.0658. The molecule has 0 bridgehead atoms. The summed E-state index contributed by atoms with van der Waals surface area (Å²) in [4.78, 5) is 4.50. The molecule has 5 heteroatoms. The molecule has 0 atom stereocenters. The van der Waals surface area contributed by atoms with Crippen LogP contribution in [0.3, 0.4) is 0 Å². The number of benzene rings is 1. The Kier molecular flexibility index (Phi) is 4.22. The van der Waals surface area contributed by atoms with Gasteiger partial charge in [0.1, 0.15) is 0 Å². The first-order valence-electron chi connectivity index (χ1n) is 5.96. The van der Waals surface area contributed by atoms with E-state index in [2.05, 4.69) is 41.7 Å². The second kappa shape index (κ2) is 5.72. The molecule has 2 rings (SSSR count). The van der Waals surface area contributed by atoms with E-state index in [4.69, 9.17) is 11.6 Å². The van der Waals surface area contributed by atoms with Crippen LogP contribution >= 0.6 is 22.9 Å². The normalized spacial score (nSPS) is 12.0. The van der Waals surface area contributed by atoms with Gasteiger partial charge in [0.2, 0.25) is 5.13 Å². The first-order chi connectivity index (χ1) is 8.95. The van der Waals surface area contributed by atoms with E-state index < -0.39 is 0 Å². The zero-order valence-corrected chi connectivity index (χ0v) is 12.7. The lowest BCUT2D eigenvalue weighted by Crippen LogP contribution is -2.11. The molecule has 0 aliphatic rings. The number of hydrazone groups is 1. The lowest BCUT2D eigenvalue weighted by atomic mass is 9.93. The van der Waals surface area contributed by atoms with E-state index in [1.165, 1.54) is 0 Å². The Bertz CT molecular complexity index is 567. The van der Waals surface area contributed by atoms with Gasteiger partial charge in [0.25, 0.3) is 0 Å². The highest BCUT2D eigenvalue weighted by Crippen LogP contribution is 2.26. The number of aromatic nitrogens is 1. The molecule has 0 aliphatic heterocycles. The highest BCUT2D eigenvalue weighted by Gasteiger charge is 2.17. The number of hydrogen-bond donors (Lipinski definition) is 1. The molecule has 1 aromatic carbocycles. The molecule has 0 saturated carbocycles. The lowest BCUT2D eigenvalue weighted by molar-refractivity contribution is 0.573. The van der Waals surface area contributed by atoms with Gasteiger partial charge < -0.3 is 0 Å². The van der Waals surface area contributed by atoms with Crippen LogP contribution in [-0.2, 0) is 5.41 Å². The third-order valence-corrected chi connectivity index (χ3v) is 3.52. The Morgan fingerprint density at radius 2 is 1.95 bits per heavy atom. The quantitative estimate of drug-likeness (QED) is 0.666. The summed E-state index contributed by atoms with van der Waals surface area (Å²) in [5.74, 6) is 0. The fourth-order valence-electron chi connectivity index (χ4n) is 1.38. The number of thiazole rings is 1. The summed E-state index contributed by atoms with van der Waals surface area (Å²) in [6.07, 6.45) is 1.74. The Morgan fingerprint density at radius 3 is 2.53 bits per heavy atom. The van der Waals surface area contributed by atoms with Crippen molar-refractivity contribution in [2.45, 2.75) is 26.2 Å². The number of halogens is 1. The zero-order valence-electron chi connectivity index (χ0n) is 11.1. The SMILES string of the molecule is CC(C)(C)c1csc(N/N=C\c2ccc(Cl)cc2)n1. The van der Waals surface area contributed by atoms with Crippen LogP contribution in [-0.4, -0.2) is 11.2 Å². The molecular weight excluding hydrogens is 278 g/mol. The second-order valence-electron chi connectivity index (χ2n) is 5.21. The van der Waals surface area contributed by atoms with Crippen LogP contribution in [0.2, 0.25) is 5.02 Å². The molecule has 0 aliphatic carbocycles. The van der Waals surface area contributed by atoms with E-state index >= 15 is 0 Å². The molecule has 0 spiro atoms. The Morgan fingerprint density at radius 1 is 1.26 bits per heavy atom. The van der Waals surface area contributed by atoms with Crippen LogP contribution in [0.25, 0.3) is 0 Å². The summed E-state index contributed by atoms with van der Waals surface area (Å²) in [6, 6.07) is 7.50. The minimum absolute atomic E-state index is 0.0658. The fourth-order valence-corrected chi connectivity index (χ4v) is 2.39. The summed E-state index contributed by atoms with van der Waals surface area (Å²) in [5.41, 5.74) is 5.07. The first kappa shape index (κ1) is 14.0. The topological polar surface area (TPSA) is 37.3 Å². The molecule has 3 nitrogen and oxygen atoms in total. The van der Waals surface area contributed by atoms with Crippen molar-refractivity contribution in [1.29, 1.82) is 0 Å².